The van der Waals surface area contributed by atoms with Crippen LogP contribution >= 0.6 is 11.6 Å². The maximum absolute atomic E-state index is 6.17. The van der Waals surface area contributed by atoms with Crippen molar-refractivity contribution in [1.29, 1.82) is 0 Å². The summed E-state index contributed by atoms with van der Waals surface area (Å²) in [5.74, 6) is 1.13. The Labute approximate surface area is 131 Å². The lowest BCUT2D eigenvalue weighted by atomic mass is 9.91. The number of nitrogens with two attached hydrogens (primary N) is 1. The molecule has 0 fully saturated rings. The number of pyridine rings is 1. The van der Waals surface area contributed by atoms with Crippen molar-refractivity contribution in [3.05, 3.63) is 52.2 Å². The van der Waals surface area contributed by atoms with Gasteiger partial charge in [-0.25, -0.2) is 4.98 Å². The second-order valence-corrected chi connectivity index (χ2v) is 6.60. The minimum Gasteiger partial charge on any atom is -0.437 e. The zero-order valence-electron chi connectivity index (χ0n) is 12.9. The molecule has 4 heteroatoms. The molecule has 21 heavy (non-hydrogen) atoms. The standard InChI is InChI=1S/C17H21ClN2O/c1-11-5-6-13(18)14(7-11)21-16-9-12(10-19)8-15(20-16)17(2,3)4/h5-9H,10,19H2,1-4H3. The molecule has 0 aliphatic heterocycles. The van der Waals surface area contributed by atoms with Crippen molar-refractivity contribution in [2.75, 3.05) is 0 Å². The van der Waals surface area contributed by atoms with E-state index in [2.05, 4.69) is 25.8 Å². The number of benzene rings is 1. The Morgan fingerprint density at radius 3 is 2.52 bits per heavy atom. The number of nitrogens with zero attached hydrogens (tertiary/aromatic N) is 1. The number of hydrogen-bond donors (Lipinski definition) is 1. The van der Waals surface area contributed by atoms with Crippen LogP contribution in [0.25, 0.3) is 0 Å². The van der Waals surface area contributed by atoms with Gasteiger partial charge in [0.2, 0.25) is 5.88 Å². The van der Waals surface area contributed by atoms with Crippen LogP contribution < -0.4 is 10.5 Å². The summed E-state index contributed by atoms with van der Waals surface area (Å²) in [4.78, 5) is 4.58. The van der Waals surface area contributed by atoms with E-state index in [4.69, 9.17) is 22.1 Å². The van der Waals surface area contributed by atoms with Gasteiger partial charge in [0, 0.05) is 18.0 Å². The van der Waals surface area contributed by atoms with Crippen LogP contribution in [0.3, 0.4) is 0 Å². The average molecular weight is 305 g/mol. The molecule has 0 atom stereocenters. The molecule has 0 amide bonds. The molecule has 0 unspecified atom stereocenters. The van der Waals surface area contributed by atoms with Crippen molar-refractivity contribution in [3.63, 3.8) is 0 Å². The van der Waals surface area contributed by atoms with Gasteiger partial charge in [-0.1, -0.05) is 38.4 Å². The van der Waals surface area contributed by atoms with Gasteiger partial charge < -0.3 is 10.5 Å². The maximum atomic E-state index is 6.17. The van der Waals surface area contributed by atoms with Crippen molar-refractivity contribution in [3.8, 4) is 11.6 Å². The summed E-state index contributed by atoms with van der Waals surface area (Å²) in [7, 11) is 0. The van der Waals surface area contributed by atoms with E-state index in [1.807, 2.05) is 37.3 Å². The second-order valence-electron chi connectivity index (χ2n) is 6.19. The summed E-state index contributed by atoms with van der Waals surface area (Å²) in [5, 5.41) is 0.567. The van der Waals surface area contributed by atoms with E-state index in [0.717, 1.165) is 16.8 Å². The first-order valence-corrected chi connectivity index (χ1v) is 7.33. The highest BCUT2D eigenvalue weighted by Gasteiger charge is 2.18. The molecule has 0 saturated carbocycles. The molecule has 2 aromatic rings. The Kier molecular flexibility index (Phi) is 4.55. The minimum atomic E-state index is -0.0698. The van der Waals surface area contributed by atoms with Gasteiger partial charge in [-0.3, -0.25) is 0 Å². The SMILES string of the molecule is Cc1ccc(Cl)c(Oc2cc(CN)cc(C(C)(C)C)n2)c1. The van der Waals surface area contributed by atoms with Crippen molar-refractivity contribution < 1.29 is 4.74 Å². The second kappa shape index (κ2) is 6.04. The third-order valence-corrected chi connectivity index (χ3v) is 3.48. The van der Waals surface area contributed by atoms with Gasteiger partial charge in [-0.05, 0) is 36.2 Å². The molecular weight excluding hydrogens is 284 g/mol. The van der Waals surface area contributed by atoms with Crippen molar-refractivity contribution >= 4 is 11.6 Å². The number of ether oxygens (including phenoxy) is 1. The Hall–Kier alpha value is -1.58. The molecule has 1 aromatic heterocycles. The van der Waals surface area contributed by atoms with Crippen LogP contribution in [0.1, 0.15) is 37.6 Å². The fraction of sp³-hybridized carbons (Fsp3) is 0.353. The molecule has 0 aliphatic rings. The number of halogens is 1. The van der Waals surface area contributed by atoms with Crippen LogP contribution in [0.15, 0.2) is 30.3 Å². The normalized spacial score (nSPS) is 11.5. The predicted molar refractivity (Wildman–Crippen MR) is 87.1 cm³/mol. The Morgan fingerprint density at radius 1 is 1.19 bits per heavy atom. The first-order chi connectivity index (χ1) is 9.79. The van der Waals surface area contributed by atoms with Gasteiger partial charge in [0.1, 0.15) is 5.75 Å². The molecular formula is C17H21ClN2O. The quantitative estimate of drug-likeness (QED) is 0.902. The van der Waals surface area contributed by atoms with Crippen molar-refractivity contribution in [2.45, 2.75) is 39.7 Å². The molecule has 0 saturated heterocycles. The summed E-state index contributed by atoms with van der Waals surface area (Å²) >= 11 is 6.17. The third kappa shape index (κ3) is 3.96. The lowest BCUT2D eigenvalue weighted by molar-refractivity contribution is 0.450. The summed E-state index contributed by atoms with van der Waals surface area (Å²) in [6.07, 6.45) is 0. The Bertz CT molecular complexity index is 648. The first-order valence-electron chi connectivity index (χ1n) is 6.95. The lowest BCUT2D eigenvalue weighted by Crippen LogP contribution is -2.15. The van der Waals surface area contributed by atoms with Gasteiger partial charge in [0.25, 0.3) is 0 Å². The van der Waals surface area contributed by atoms with E-state index in [9.17, 15) is 0 Å². The molecule has 0 radical (unpaired) electrons. The van der Waals surface area contributed by atoms with Gasteiger partial charge in [-0.2, -0.15) is 0 Å². The van der Waals surface area contributed by atoms with E-state index in [-0.39, 0.29) is 5.41 Å². The topological polar surface area (TPSA) is 48.1 Å². The van der Waals surface area contributed by atoms with E-state index in [1.54, 1.807) is 0 Å². The first kappa shape index (κ1) is 15.8. The van der Waals surface area contributed by atoms with Crippen LogP contribution in [-0.2, 0) is 12.0 Å². The molecule has 2 N–H and O–H groups in total. The molecule has 0 spiro atoms. The smallest absolute Gasteiger partial charge is 0.219 e. The van der Waals surface area contributed by atoms with Crippen LogP contribution in [0.2, 0.25) is 5.02 Å². The highest BCUT2D eigenvalue weighted by atomic mass is 35.5. The maximum Gasteiger partial charge on any atom is 0.219 e. The number of aryl methyl sites for hydroxylation is 1. The zero-order chi connectivity index (χ0) is 15.6. The van der Waals surface area contributed by atoms with Crippen LogP contribution in [0, 0.1) is 6.92 Å². The van der Waals surface area contributed by atoms with Crippen LogP contribution in [0.4, 0.5) is 0 Å². The van der Waals surface area contributed by atoms with Crippen LogP contribution in [0.5, 0.6) is 11.6 Å². The van der Waals surface area contributed by atoms with Crippen molar-refractivity contribution in [2.24, 2.45) is 5.73 Å². The van der Waals surface area contributed by atoms with Gasteiger partial charge in [0.05, 0.1) is 10.7 Å². The molecule has 0 bridgehead atoms. The lowest BCUT2D eigenvalue weighted by Gasteiger charge is -2.20. The fourth-order valence-electron chi connectivity index (χ4n) is 1.91. The number of hydrogen-bond acceptors (Lipinski definition) is 3. The molecule has 2 rings (SSSR count). The summed E-state index contributed by atoms with van der Waals surface area (Å²) in [6.45, 7) is 8.77. The zero-order valence-corrected chi connectivity index (χ0v) is 13.7. The molecule has 1 aromatic carbocycles. The van der Waals surface area contributed by atoms with Gasteiger partial charge in [-0.15, -0.1) is 0 Å². The largest absolute Gasteiger partial charge is 0.437 e. The van der Waals surface area contributed by atoms with E-state index in [1.165, 1.54) is 0 Å². The molecule has 112 valence electrons. The Morgan fingerprint density at radius 2 is 1.90 bits per heavy atom. The fourth-order valence-corrected chi connectivity index (χ4v) is 2.07. The summed E-state index contributed by atoms with van der Waals surface area (Å²) in [5.41, 5.74) is 8.73. The highest BCUT2D eigenvalue weighted by Crippen LogP contribution is 2.31. The third-order valence-electron chi connectivity index (χ3n) is 3.17. The molecule has 3 nitrogen and oxygen atoms in total. The van der Waals surface area contributed by atoms with Crippen molar-refractivity contribution in [1.82, 2.24) is 4.98 Å². The predicted octanol–water partition coefficient (Wildman–Crippen LogP) is 4.59. The molecule has 1 heterocycles. The van der Waals surface area contributed by atoms with Gasteiger partial charge >= 0.3 is 0 Å². The number of rotatable bonds is 3. The monoisotopic (exact) mass is 304 g/mol. The average Bonchev–Trinajstić information content (AvgIpc) is 2.41. The Balaban J connectivity index is 2.42. The molecule has 0 aliphatic carbocycles. The minimum absolute atomic E-state index is 0.0698. The van der Waals surface area contributed by atoms with E-state index in [0.29, 0.717) is 23.2 Å². The van der Waals surface area contributed by atoms with Gasteiger partial charge in [0.15, 0.2) is 0 Å². The summed E-state index contributed by atoms with van der Waals surface area (Å²) < 4.78 is 5.87. The number of aromatic nitrogens is 1. The van der Waals surface area contributed by atoms with E-state index >= 15 is 0 Å². The summed E-state index contributed by atoms with van der Waals surface area (Å²) in [6, 6.07) is 9.54. The van der Waals surface area contributed by atoms with E-state index < -0.39 is 0 Å². The highest BCUT2D eigenvalue weighted by molar-refractivity contribution is 6.32. The van der Waals surface area contributed by atoms with Crippen LogP contribution in [-0.4, -0.2) is 4.98 Å².